The van der Waals surface area contributed by atoms with Gasteiger partial charge in [0, 0.05) is 38.8 Å². The van der Waals surface area contributed by atoms with Crippen LogP contribution in [0.5, 0.6) is 5.88 Å². The minimum atomic E-state index is -0.0135. The second-order valence-corrected chi connectivity index (χ2v) is 6.86. The molecule has 0 saturated carbocycles. The number of hydrogen-bond acceptors (Lipinski definition) is 5. The molecule has 0 atom stereocenters. The number of rotatable bonds is 5. The first-order valence-corrected chi connectivity index (χ1v) is 9.22. The largest absolute Gasteiger partial charge is 0.465 e. The number of hydrogen-bond donors (Lipinski definition) is 0. The predicted octanol–water partition coefficient (Wildman–Crippen LogP) is 2.86. The van der Waals surface area contributed by atoms with Crippen molar-refractivity contribution in [2.24, 2.45) is 0 Å². The van der Waals surface area contributed by atoms with E-state index in [9.17, 15) is 4.79 Å². The highest BCUT2D eigenvalue weighted by Gasteiger charge is 2.22. The lowest BCUT2D eigenvalue weighted by Gasteiger charge is -2.34. The van der Waals surface area contributed by atoms with Crippen LogP contribution in [0.4, 0.5) is 0 Å². The molecule has 1 aliphatic heterocycles. The fraction of sp³-hybridized carbons (Fsp3) is 0.333. The third-order valence-corrected chi connectivity index (χ3v) is 4.95. The van der Waals surface area contributed by atoms with Gasteiger partial charge in [-0.3, -0.25) is 9.69 Å². The molecule has 2 aromatic carbocycles. The number of amides is 1. The number of benzene rings is 2. The van der Waals surface area contributed by atoms with Gasteiger partial charge in [0.2, 0.25) is 0 Å². The summed E-state index contributed by atoms with van der Waals surface area (Å²) in [6, 6.07) is 16.6. The molecule has 0 unspecified atom stereocenters. The van der Waals surface area contributed by atoms with Gasteiger partial charge in [-0.25, -0.2) is 0 Å². The summed E-state index contributed by atoms with van der Waals surface area (Å²) in [6.45, 7) is 5.83. The summed E-state index contributed by atoms with van der Waals surface area (Å²) in [7, 11) is 0. The Balaban J connectivity index is 1.30. The summed E-state index contributed by atoms with van der Waals surface area (Å²) in [5.74, 6) is 1.01. The first kappa shape index (κ1) is 17.5. The first-order valence-electron chi connectivity index (χ1n) is 9.22. The quantitative estimate of drug-likeness (QED) is 0.696. The van der Waals surface area contributed by atoms with E-state index in [0.29, 0.717) is 24.7 Å². The van der Waals surface area contributed by atoms with E-state index in [1.807, 2.05) is 4.90 Å². The van der Waals surface area contributed by atoms with Gasteiger partial charge in [0.15, 0.2) is 6.61 Å². The molecule has 1 amide bonds. The summed E-state index contributed by atoms with van der Waals surface area (Å²) in [5.41, 5.74) is 1.33. The molecular formula is C21H23N3O3. The maximum Gasteiger partial charge on any atom is 0.260 e. The minimum Gasteiger partial charge on any atom is -0.465 e. The Morgan fingerprint density at radius 2 is 1.89 bits per heavy atom. The number of fused-ring (bicyclic) bond motifs is 1. The summed E-state index contributed by atoms with van der Waals surface area (Å²) in [4.78, 5) is 16.6. The lowest BCUT2D eigenvalue weighted by molar-refractivity contribution is -0.135. The fourth-order valence-corrected chi connectivity index (χ4v) is 3.47. The fourth-order valence-electron chi connectivity index (χ4n) is 3.47. The van der Waals surface area contributed by atoms with Gasteiger partial charge in [0.05, 0.1) is 0 Å². The Morgan fingerprint density at radius 1 is 1.11 bits per heavy atom. The molecule has 27 heavy (non-hydrogen) atoms. The zero-order chi connectivity index (χ0) is 18.6. The molecule has 3 aromatic rings. The Hall–Kier alpha value is -2.86. The lowest BCUT2D eigenvalue weighted by Crippen LogP contribution is -2.49. The molecule has 6 heteroatoms. The third-order valence-electron chi connectivity index (χ3n) is 4.95. The van der Waals surface area contributed by atoms with Crippen LogP contribution in [-0.4, -0.2) is 53.6 Å². The zero-order valence-electron chi connectivity index (χ0n) is 15.4. The Kier molecular flexibility index (Phi) is 5.07. The summed E-state index contributed by atoms with van der Waals surface area (Å²) < 4.78 is 10.3. The number of ether oxygens (including phenoxy) is 1. The molecule has 1 saturated heterocycles. The van der Waals surface area contributed by atoms with Crippen molar-refractivity contribution in [2.75, 3.05) is 32.8 Å². The van der Waals surface area contributed by atoms with Crippen molar-refractivity contribution in [2.45, 2.75) is 13.5 Å². The van der Waals surface area contributed by atoms with E-state index >= 15 is 0 Å². The Labute approximate surface area is 158 Å². The molecule has 1 fully saturated rings. The number of carbonyl (C=O) groups is 1. The van der Waals surface area contributed by atoms with Gasteiger partial charge in [-0.15, -0.1) is 0 Å². The van der Waals surface area contributed by atoms with Crippen LogP contribution in [0.3, 0.4) is 0 Å². The van der Waals surface area contributed by atoms with Crippen LogP contribution < -0.4 is 4.74 Å². The van der Waals surface area contributed by atoms with Crippen LogP contribution in [0.2, 0.25) is 0 Å². The maximum absolute atomic E-state index is 12.3. The van der Waals surface area contributed by atoms with E-state index < -0.39 is 0 Å². The van der Waals surface area contributed by atoms with Crippen molar-refractivity contribution in [3.8, 4) is 5.88 Å². The van der Waals surface area contributed by atoms with Crippen molar-refractivity contribution in [1.82, 2.24) is 15.0 Å². The van der Waals surface area contributed by atoms with Crippen molar-refractivity contribution in [3.63, 3.8) is 0 Å². The maximum atomic E-state index is 12.3. The molecule has 0 spiro atoms. The molecule has 4 rings (SSSR count). The van der Waals surface area contributed by atoms with E-state index in [1.54, 1.807) is 13.0 Å². The van der Waals surface area contributed by atoms with E-state index in [0.717, 1.165) is 19.6 Å². The van der Waals surface area contributed by atoms with Crippen LogP contribution in [0.1, 0.15) is 11.3 Å². The summed E-state index contributed by atoms with van der Waals surface area (Å²) in [5, 5.41) is 6.31. The SMILES string of the molecule is Cc1cc(OCC(=O)N2CCN(Cc3cccc4ccccc34)CC2)no1. The topological polar surface area (TPSA) is 58.8 Å². The van der Waals surface area contributed by atoms with Crippen molar-refractivity contribution >= 4 is 16.7 Å². The van der Waals surface area contributed by atoms with Crippen LogP contribution >= 0.6 is 0 Å². The van der Waals surface area contributed by atoms with Gasteiger partial charge >= 0.3 is 0 Å². The molecule has 0 aliphatic carbocycles. The van der Waals surface area contributed by atoms with Gasteiger partial charge in [-0.2, -0.15) is 0 Å². The number of piperazine rings is 1. The highest BCUT2D eigenvalue weighted by atomic mass is 16.5. The molecule has 0 bridgehead atoms. The molecule has 6 nitrogen and oxygen atoms in total. The molecule has 140 valence electrons. The van der Waals surface area contributed by atoms with E-state index in [-0.39, 0.29) is 12.5 Å². The third kappa shape index (κ3) is 4.11. The number of carbonyl (C=O) groups excluding carboxylic acids is 1. The van der Waals surface area contributed by atoms with Crippen LogP contribution in [0, 0.1) is 6.92 Å². The van der Waals surface area contributed by atoms with Crippen LogP contribution in [-0.2, 0) is 11.3 Å². The van der Waals surface area contributed by atoms with Gasteiger partial charge in [-0.05, 0) is 28.4 Å². The number of nitrogens with zero attached hydrogens (tertiary/aromatic N) is 3. The first-order chi connectivity index (χ1) is 13.2. The molecule has 2 heterocycles. The average Bonchev–Trinajstić information content (AvgIpc) is 3.12. The van der Waals surface area contributed by atoms with Gasteiger partial charge in [-0.1, -0.05) is 42.5 Å². The standard InChI is InChI=1S/C21H23N3O3/c1-16-13-20(22-27-16)26-15-21(25)24-11-9-23(10-12-24)14-18-7-4-6-17-5-2-3-8-19(17)18/h2-8,13H,9-12,14-15H2,1H3. The number of aryl methyl sites for hydroxylation is 1. The van der Waals surface area contributed by atoms with Gasteiger partial charge < -0.3 is 14.2 Å². The highest BCUT2D eigenvalue weighted by molar-refractivity contribution is 5.85. The average molecular weight is 365 g/mol. The number of aromatic nitrogens is 1. The van der Waals surface area contributed by atoms with E-state index in [1.165, 1.54) is 16.3 Å². The van der Waals surface area contributed by atoms with Crippen LogP contribution in [0.15, 0.2) is 53.1 Å². The van der Waals surface area contributed by atoms with Gasteiger partial charge in [0.1, 0.15) is 5.76 Å². The molecular weight excluding hydrogens is 342 g/mol. The van der Waals surface area contributed by atoms with Crippen LogP contribution in [0.25, 0.3) is 10.8 Å². The zero-order valence-corrected chi connectivity index (χ0v) is 15.4. The van der Waals surface area contributed by atoms with E-state index in [2.05, 4.69) is 52.5 Å². The Bertz CT molecular complexity index is 924. The minimum absolute atomic E-state index is 0.00467. The molecule has 0 radical (unpaired) electrons. The smallest absolute Gasteiger partial charge is 0.260 e. The van der Waals surface area contributed by atoms with Crippen molar-refractivity contribution in [3.05, 3.63) is 59.9 Å². The van der Waals surface area contributed by atoms with Crippen molar-refractivity contribution in [1.29, 1.82) is 0 Å². The van der Waals surface area contributed by atoms with E-state index in [4.69, 9.17) is 9.26 Å². The molecule has 1 aliphatic rings. The monoisotopic (exact) mass is 365 g/mol. The second-order valence-electron chi connectivity index (χ2n) is 6.86. The summed E-state index contributed by atoms with van der Waals surface area (Å²) >= 11 is 0. The van der Waals surface area contributed by atoms with Gasteiger partial charge in [0.25, 0.3) is 11.8 Å². The highest BCUT2D eigenvalue weighted by Crippen LogP contribution is 2.20. The second kappa shape index (κ2) is 7.80. The van der Waals surface area contributed by atoms with Crippen molar-refractivity contribution < 1.29 is 14.1 Å². The normalized spacial score (nSPS) is 15.2. The predicted molar refractivity (Wildman–Crippen MR) is 103 cm³/mol. The summed E-state index contributed by atoms with van der Waals surface area (Å²) in [6.07, 6.45) is 0. The lowest BCUT2D eigenvalue weighted by atomic mass is 10.0. The Morgan fingerprint density at radius 3 is 2.67 bits per heavy atom. The molecule has 0 N–H and O–H groups in total. The molecule has 1 aromatic heterocycles.